The molecule has 0 unspecified atom stereocenters. The summed E-state index contributed by atoms with van der Waals surface area (Å²) < 4.78 is 5.17. The van der Waals surface area contributed by atoms with Gasteiger partial charge in [0.1, 0.15) is 6.61 Å². The van der Waals surface area contributed by atoms with Crippen LogP contribution >= 0.6 is 0 Å². The van der Waals surface area contributed by atoms with Crippen LogP contribution in [-0.4, -0.2) is 11.8 Å². The van der Waals surface area contributed by atoms with E-state index in [0.29, 0.717) is 11.1 Å². The first-order valence-corrected chi connectivity index (χ1v) is 6.35. The van der Waals surface area contributed by atoms with E-state index < -0.39 is 5.97 Å². The van der Waals surface area contributed by atoms with Crippen LogP contribution in [0.25, 0.3) is 10.8 Å². The van der Waals surface area contributed by atoms with Crippen LogP contribution in [0.1, 0.15) is 29.8 Å². The van der Waals surface area contributed by atoms with E-state index >= 15 is 0 Å². The lowest BCUT2D eigenvalue weighted by atomic mass is 9.98. The second kappa shape index (κ2) is 5.70. The molecule has 2 rings (SSSR count). The Morgan fingerprint density at radius 3 is 2.35 bits per heavy atom. The Kier molecular flexibility index (Phi) is 3.99. The number of carbonyl (C=O) groups excluding carboxylic acids is 2. The van der Waals surface area contributed by atoms with Crippen molar-refractivity contribution >= 4 is 22.5 Å². The van der Waals surface area contributed by atoms with Crippen molar-refractivity contribution in [3.05, 3.63) is 59.7 Å². The van der Waals surface area contributed by atoms with Crippen molar-refractivity contribution in [2.75, 3.05) is 0 Å². The van der Waals surface area contributed by atoms with Crippen LogP contribution in [-0.2, 0) is 16.1 Å². The molecule has 0 bridgehead atoms. The molecule has 0 N–H and O–H groups in total. The fraction of sp³-hybridized carbons (Fsp3) is 0.176. The third-order valence-corrected chi connectivity index (χ3v) is 3.10. The van der Waals surface area contributed by atoms with Gasteiger partial charge in [-0.2, -0.15) is 0 Å². The van der Waals surface area contributed by atoms with Gasteiger partial charge in [-0.3, -0.25) is 4.79 Å². The summed E-state index contributed by atoms with van der Waals surface area (Å²) in [4.78, 5) is 23.1. The fourth-order valence-corrected chi connectivity index (χ4v) is 2.07. The molecule has 0 aliphatic heterocycles. The van der Waals surface area contributed by atoms with Crippen molar-refractivity contribution in [1.82, 2.24) is 0 Å². The first kappa shape index (κ1) is 14.0. The van der Waals surface area contributed by atoms with Crippen molar-refractivity contribution in [3.63, 3.8) is 0 Å². The number of fused-ring (bicyclic) bond motifs is 1. The van der Waals surface area contributed by atoms with Crippen LogP contribution in [0.4, 0.5) is 0 Å². The highest BCUT2D eigenvalue weighted by Crippen LogP contribution is 2.23. The van der Waals surface area contributed by atoms with E-state index in [1.54, 1.807) is 19.9 Å². The highest BCUT2D eigenvalue weighted by molar-refractivity contribution is 6.07. The standard InChI is InChI=1S/C17H16O3/c1-11(2)17(19)20-10-13-6-4-9-16-14(12(3)18)7-5-8-15(13)16/h4-9H,1,10H2,2-3H3. The highest BCUT2D eigenvalue weighted by atomic mass is 16.5. The maximum absolute atomic E-state index is 11.6. The van der Waals surface area contributed by atoms with Gasteiger partial charge < -0.3 is 4.74 Å². The van der Waals surface area contributed by atoms with Crippen molar-refractivity contribution in [3.8, 4) is 0 Å². The second-order valence-electron chi connectivity index (χ2n) is 4.73. The Morgan fingerprint density at radius 2 is 1.70 bits per heavy atom. The van der Waals surface area contributed by atoms with Gasteiger partial charge in [0, 0.05) is 11.1 Å². The maximum atomic E-state index is 11.6. The SMILES string of the molecule is C=C(C)C(=O)OCc1cccc2c(C(C)=O)cccc12. The lowest BCUT2D eigenvalue weighted by molar-refractivity contribution is -0.140. The predicted molar refractivity (Wildman–Crippen MR) is 78.6 cm³/mol. The molecule has 102 valence electrons. The molecule has 3 heteroatoms. The number of Topliss-reactive ketones (excluding diaryl/α,β-unsaturated/α-hetero) is 1. The molecule has 0 aromatic heterocycles. The zero-order valence-electron chi connectivity index (χ0n) is 11.6. The van der Waals surface area contributed by atoms with Crippen LogP contribution in [0.2, 0.25) is 0 Å². The predicted octanol–water partition coefficient (Wildman–Crippen LogP) is 3.66. The van der Waals surface area contributed by atoms with Crippen LogP contribution in [0.3, 0.4) is 0 Å². The van der Waals surface area contributed by atoms with Gasteiger partial charge in [0.2, 0.25) is 0 Å². The number of hydrogen-bond donors (Lipinski definition) is 0. The molecular weight excluding hydrogens is 252 g/mol. The average Bonchev–Trinajstić information content (AvgIpc) is 2.43. The molecule has 2 aromatic rings. The number of ether oxygens (including phenoxy) is 1. The Hall–Kier alpha value is -2.42. The molecule has 0 aliphatic carbocycles. The number of ketones is 1. The molecule has 0 aliphatic rings. The van der Waals surface area contributed by atoms with Gasteiger partial charge in [-0.25, -0.2) is 4.79 Å². The van der Waals surface area contributed by atoms with Crippen LogP contribution < -0.4 is 0 Å². The molecule has 0 radical (unpaired) electrons. The number of carbonyl (C=O) groups is 2. The Labute approximate surface area is 117 Å². The van der Waals surface area contributed by atoms with Gasteiger partial charge in [-0.1, -0.05) is 43.0 Å². The number of rotatable bonds is 4. The zero-order valence-corrected chi connectivity index (χ0v) is 11.6. The summed E-state index contributed by atoms with van der Waals surface area (Å²) in [5, 5.41) is 1.80. The van der Waals surface area contributed by atoms with Crippen LogP contribution in [0.5, 0.6) is 0 Å². The van der Waals surface area contributed by atoms with Gasteiger partial charge in [-0.15, -0.1) is 0 Å². The van der Waals surface area contributed by atoms with Crippen molar-refractivity contribution in [2.24, 2.45) is 0 Å². The largest absolute Gasteiger partial charge is 0.457 e. The van der Waals surface area contributed by atoms with Gasteiger partial charge in [0.25, 0.3) is 0 Å². The minimum Gasteiger partial charge on any atom is -0.457 e. The number of hydrogen-bond acceptors (Lipinski definition) is 3. The summed E-state index contributed by atoms with van der Waals surface area (Å²) >= 11 is 0. The van der Waals surface area contributed by atoms with E-state index in [1.807, 2.05) is 30.3 Å². The molecule has 0 spiro atoms. The summed E-state index contributed by atoms with van der Waals surface area (Å²) in [6.45, 7) is 6.87. The molecule has 2 aromatic carbocycles. The van der Waals surface area contributed by atoms with E-state index in [-0.39, 0.29) is 12.4 Å². The smallest absolute Gasteiger partial charge is 0.333 e. The maximum Gasteiger partial charge on any atom is 0.333 e. The molecular formula is C17H16O3. The normalized spacial score (nSPS) is 10.3. The molecule has 0 amide bonds. The Balaban J connectivity index is 2.40. The van der Waals surface area contributed by atoms with Gasteiger partial charge >= 0.3 is 5.97 Å². The average molecular weight is 268 g/mol. The first-order valence-electron chi connectivity index (χ1n) is 6.35. The topological polar surface area (TPSA) is 43.4 Å². The highest BCUT2D eigenvalue weighted by Gasteiger charge is 2.09. The third-order valence-electron chi connectivity index (χ3n) is 3.10. The van der Waals surface area contributed by atoms with E-state index in [9.17, 15) is 9.59 Å². The Morgan fingerprint density at radius 1 is 1.05 bits per heavy atom. The monoisotopic (exact) mass is 268 g/mol. The summed E-state index contributed by atoms with van der Waals surface area (Å²) in [6, 6.07) is 11.2. The van der Waals surface area contributed by atoms with Gasteiger partial charge in [0.15, 0.2) is 5.78 Å². The van der Waals surface area contributed by atoms with E-state index in [2.05, 4.69) is 6.58 Å². The third kappa shape index (κ3) is 2.77. The lowest BCUT2D eigenvalue weighted by Crippen LogP contribution is -2.05. The van der Waals surface area contributed by atoms with Crippen LogP contribution in [0, 0.1) is 0 Å². The quantitative estimate of drug-likeness (QED) is 0.483. The lowest BCUT2D eigenvalue weighted by Gasteiger charge is -2.10. The molecule has 0 atom stereocenters. The summed E-state index contributed by atoms with van der Waals surface area (Å²) in [6.07, 6.45) is 0. The molecule has 20 heavy (non-hydrogen) atoms. The summed E-state index contributed by atoms with van der Waals surface area (Å²) in [5.41, 5.74) is 1.92. The second-order valence-corrected chi connectivity index (χ2v) is 4.73. The number of benzene rings is 2. The minimum absolute atomic E-state index is 0.0201. The number of esters is 1. The van der Waals surface area contributed by atoms with Gasteiger partial charge in [-0.05, 0) is 30.2 Å². The van der Waals surface area contributed by atoms with E-state index in [1.165, 1.54) is 0 Å². The molecule has 0 fully saturated rings. The summed E-state index contributed by atoms with van der Waals surface area (Å²) in [5.74, 6) is -0.392. The van der Waals surface area contributed by atoms with Crippen LogP contribution in [0.15, 0.2) is 48.6 Å². The summed E-state index contributed by atoms with van der Waals surface area (Å²) in [7, 11) is 0. The van der Waals surface area contributed by atoms with Crippen molar-refractivity contribution < 1.29 is 14.3 Å². The van der Waals surface area contributed by atoms with Gasteiger partial charge in [0.05, 0.1) is 0 Å². The Bertz CT molecular complexity index is 698. The van der Waals surface area contributed by atoms with E-state index in [0.717, 1.165) is 16.3 Å². The molecule has 0 saturated heterocycles. The van der Waals surface area contributed by atoms with Crippen molar-refractivity contribution in [2.45, 2.75) is 20.5 Å². The zero-order chi connectivity index (χ0) is 14.7. The van der Waals surface area contributed by atoms with Crippen molar-refractivity contribution in [1.29, 1.82) is 0 Å². The molecule has 0 saturated carbocycles. The molecule has 0 heterocycles. The first-order chi connectivity index (χ1) is 9.50. The van der Waals surface area contributed by atoms with E-state index in [4.69, 9.17) is 4.74 Å². The fourth-order valence-electron chi connectivity index (χ4n) is 2.07. The molecule has 3 nitrogen and oxygen atoms in total. The minimum atomic E-state index is -0.412.